The van der Waals surface area contributed by atoms with Gasteiger partial charge in [-0.3, -0.25) is 4.79 Å². The Hall–Kier alpha value is -1.65. The topological polar surface area (TPSA) is 65.0 Å². The quantitative estimate of drug-likeness (QED) is 0.661. The van der Waals surface area contributed by atoms with E-state index in [-0.39, 0.29) is 24.4 Å². The maximum atomic E-state index is 12.2. The van der Waals surface area contributed by atoms with E-state index in [4.69, 9.17) is 9.47 Å². The third-order valence-corrected chi connectivity index (χ3v) is 4.75. The summed E-state index contributed by atoms with van der Waals surface area (Å²) in [6.07, 6.45) is 6.90. The molecule has 2 aliphatic rings. The van der Waals surface area contributed by atoms with Crippen LogP contribution >= 0.6 is 0 Å². The predicted molar refractivity (Wildman–Crippen MR) is 92.7 cm³/mol. The van der Waals surface area contributed by atoms with E-state index >= 15 is 0 Å². The molecule has 0 unspecified atom stereocenters. The van der Waals surface area contributed by atoms with Gasteiger partial charge in [-0.1, -0.05) is 20.3 Å². The second kappa shape index (κ2) is 9.00. The van der Waals surface area contributed by atoms with Gasteiger partial charge in [-0.25, -0.2) is 9.79 Å². The van der Waals surface area contributed by atoms with Crippen molar-refractivity contribution in [2.24, 2.45) is 10.9 Å². The van der Waals surface area contributed by atoms with Crippen molar-refractivity contribution in [3.05, 3.63) is 11.1 Å². The van der Waals surface area contributed by atoms with Gasteiger partial charge in [-0.2, -0.15) is 0 Å². The molecule has 0 radical (unpaired) electrons. The normalized spacial score (nSPS) is 26.0. The summed E-state index contributed by atoms with van der Waals surface area (Å²) in [5, 5.41) is 0. The Kier molecular flexibility index (Phi) is 7.00. The zero-order chi connectivity index (χ0) is 17.5. The fourth-order valence-corrected chi connectivity index (χ4v) is 3.25. The molecule has 1 heterocycles. The third kappa shape index (κ3) is 4.92. The minimum absolute atomic E-state index is 0.0700. The monoisotopic (exact) mass is 335 g/mol. The molecular weight excluding hydrogens is 306 g/mol. The third-order valence-electron chi connectivity index (χ3n) is 4.75. The number of esters is 2. The van der Waals surface area contributed by atoms with E-state index < -0.39 is 0 Å². The van der Waals surface area contributed by atoms with Crippen molar-refractivity contribution in [2.45, 2.75) is 78.2 Å². The van der Waals surface area contributed by atoms with Gasteiger partial charge in [0.2, 0.25) is 5.90 Å². The van der Waals surface area contributed by atoms with E-state index in [9.17, 15) is 9.59 Å². The van der Waals surface area contributed by atoms with Gasteiger partial charge < -0.3 is 9.47 Å². The van der Waals surface area contributed by atoms with Gasteiger partial charge in [0.25, 0.3) is 0 Å². The second-order valence-electron chi connectivity index (χ2n) is 6.78. The lowest BCUT2D eigenvalue weighted by Crippen LogP contribution is -2.19. The molecule has 0 amide bonds. The van der Waals surface area contributed by atoms with Gasteiger partial charge in [-0.15, -0.1) is 0 Å². The zero-order valence-electron chi connectivity index (χ0n) is 15.1. The molecule has 0 aromatic heterocycles. The van der Waals surface area contributed by atoms with Crippen molar-refractivity contribution in [1.82, 2.24) is 0 Å². The molecule has 1 saturated carbocycles. The van der Waals surface area contributed by atoms with Crippen LogP contribution in [0.3, 0.4) is 0 Å². The number of hydrogen-bond acceptors (Lipinski definition) is 5. The highest BCUT2D eigenvalue weighted by Gasteiger charge is 2.33. The van der Waals surface area contributed by atoms with Crippen LogP contribution in [0.15, 0.2) is 16.1 Å². The summed E-state index contributed by atoms with van der Waals surface area (Å²) in [6.45, 7) is 6.44. The molecular formula is C19H29NO4. The van der Waals surface area contributed by atoms with Crippen LogP contribution in [0.4, 0.5) is 0 Å². The molecule has 1 fully saturated rings. The number of carbonyl (C=O) groups excluding carboxylic acids is 2. The molecule has 1 aliphatic carbocycles. The minimum Gasteiger partial charge on any atom is -0.466 e. The molecule has 0 N–H and O–H groups in total. The van der Waals surface area contributed by atoms with Crippen molar-refractivity contribution in [2.75, 3.05) is 6.61 Å². The number of hydrogen-bond donors (Lipinski definition) is 0. The number of aliphatic imine (C=N–C) groups is 1. The Morgan fingerprint density at radius 2 is 1.92 bits per heavy atom. The number of unbranched alkanes of at least 4 members (excludes halogenated alkanes) is 1. The van der Waals surface area contributed by atoms with Crippen molar-refractivity contribution >= 4 is 17.8 Å². The highest BCUT2D eigenvalue weighted by Crippen LogP contribution is 2.30. The Morgan fingerprint density at radius 3 is 2.54 bits per heavy atom. The Bertz CT molecular complexity index is 527. The number of nitrogens with zero attached hydrogens (tertiary/aromatic N) is 1. The van der Waals surface area contributed by atoms with E-state index in [1.54, 1.807) is 6.92 Å². The smallest absolute Gasteiger partial charge is 0.341 e. The predicted octanol–water partition coefficient (Wildman–Crippen LogP) is 3.96. The molecule has 5 nitrogen and oxygen atoms in total. The Balaban J connectivity index is 2.19. The summed E-state index contributed by atoms with van der Waals surface area (Å²) in [5.41, 5.74) is 1.25. The molecule has 134 valence electrons. The molecule has 0 atom stereocenters. The van der Waals surface area contributed by atoms with Gasteiger partial charge in [0.05, 0.1) is 19.1 Å². The van der Waals surface area contributed by atoms with Gasteiger partial charge in [0, 0.05) is 11.1 Å². The van der Waals surface area contributed by atoms with Crippen molar-refractivity contribution in [3.8, 4) is 0 Å². The first-order valence-corrected chi connectivity index (χ1v) is 9.23. The van der Waals surface area contributed by atoms with Crippen LogP contribution in [0.1, 0.15) is 72.1 Å². The first-order valence-electron chi connectivity index (χ1n) is 9.23. The van der Waals surface area contributed by atoms with Crippen LogP contribution in [-0.2, 0) is 19.1 Å². The molecule has 1 aliphatic heterocycles. The molecule has 2 rings (SSSR count). The van der Waals surface area contributed by atoms with Crippen LogP contribution in [-0.4, -0.2) is 30.5 Å². The summed E-state index contributed by atoms with van der Waals surface area (Å²) >= 11 is 0. The van der Waals surface area contributed by atoms with E-state index in [2.05, 4.69) is 18.8 Å². The fraction of sp³-hybridized carbons (Fsp3) is 0.737. The summed E-state index contributed by atoms with van der Waals surface area (Å²) in [5.74, 6) is 0.427. The first-order chi connectivity index (χ1) is 11.5. The summed E-state index contributed by atoms with van der Waals surface area (Å²) in [4.78, 5) is 28.8. The zero-order valence-corrected chi connectivity index (χ0v) is 15.1. The number of rotatable bonds is 7. The van der Waals surface area contributed by atoms with Crippen molar-refractivity contribution in [3.63, 3.8) is 0 Å². The molecule has 0 bridgehead atoms. The van der Waals surface area contributed by atoms with E-state index in [1.807, 2.05) is 0 Å². The van der Waals surface area contributed by atoms with Gasteiger partial charge >= 0.3 is 11.9 Å². The number of ether oxygens (including phenoxy) is 2. The highest BCUT2D eigenvalue weighted by molar-refractivity contribution is 6.16. The highest BCUT2D eigenvalue weighted by atomic mass is 16.6. The molecule has 0 aromatic carbocycles. The van der Waals surface area contributed by atoms with Crippen LogP contribution in [0.25, 0.3) is 0 Å². The molecule has 5 heteroatoms. The standard InChI is InChI=1S/C19H29NO4/c1-4-6-7-15-16(12-17(21)23-5-2)18(24-19(15)22)20-14-10-8-13(3)9-11-14/h13-14H,4-12H2,1-3H3/b20-18-. The van der Waals surface area contributed by atoms with Crippen molar-refractivity contribution < 1.29 is 19.1 Å². The molecule has 24 heavy (non-hydrogen) atoms. The maximum absolute atomic E-state index is 12.2. The second-order valence-corrected chi connectivity index (χ2v) is 6.78. The lowest BCUT2D eigenvalue weighted by Gasteiger charge is -2.23. The SMILES string of the molecule is CCCCC1=C(CC(=O)OCC)/C(=N/C2CCC(C)CC2)OC1=O. The average molecular weight is 335 g/mol. The summed E-state index contributed by atoms with van der Waals surface area (Å²) in [6, 6.07) is 0.187. The lowest BCUT2D eigenvalue weighted by atomic mass is 9.87. The summed E-state index contributed by atoms with van der Waals surface area (Å²) in [7, 11) is 0. The Labute approximate surface area is 144 Å². The molecule has 0 saturated heterocycles. The lowest BCUT2D eigenvalue weighted by molar-refractivity contribution is -0.142. The minimum atomic E-state index is -0.342. The molecule has 0 aromatic rings. The van der Waals surface area contributed by atoms with Gasteiger partial charge in [0.15, 0.2) is 0 Å². The molecule has 0 spiro atoms. The average Bonchev–Trinajstić information content (AvgIpc) is 2.83. The largest absolute Gasteiger partial charge is 0.466 e. The number of cyclic esters (lactones) is 1. The van der Waals surface area contributed by atoms with E-state index in [0.29, 0.717) is 30.1 Å². The maximum Gasteiger partial charge on any atom is 0.341 e. The first kappa shape index (κ1) is 18.7. The van der Waals surface area contributed by atoms with Crippen LogP contribution in [0.5, 0.6) is 0 Å². The van der Waals surface area contributed by atoms with E-state index in [0.717, 1.165) is 44.4 Å². The fourth-order valence-electron chi connectivity index (χ4n) is 3.25. The van der Waals surface area contributed by atoms with E-state index in [1.165, 1.54) is 0 Å². The summed E-state index contributed by atoms with van der Waals surface area (Å²) < 4.78 is 10.5. The van der Waals surface area contributed by atoms with Gasteiger partial charge in [-0.05, 0) is 51.4 Å². The van der Waals surface area contributed by atoms with Crippen LogP contribution in [0, 0.1) is 5.92 Å². The van der Waals surface area contributed by atoms with Crippen LogP contribution < -0.4 is 0 Å². The van der Waals surface area contributed by atoms with Gasteiger partial charge in [0.1, 0.15) is 0 Å². The number of carbonyl (C=O) groups is 2. The van der Waals surface area contributed by atoms with Crippen molar-refractivity contribution in [1.29, 1.82) is 0 Å². The Morgan fingerprint density at radius 1 is 1.21 bits per heavy atom. The van der Waals surface area contributed by atoms with Crippen LogP contribution in [0.2, 0.25) is 0 Å².